The third kappa shape index (κ3) is 4.69. The molecule has 0 saturated carbocycles. The lowest BCUT2D eigenvalue weighted by Gasteiger charge is -2.33. The number of ether oxygens (including phenoxy) is 2. The van der Waals surface area contributed by atoms with Crippen molar-refractivity contribution in [2.24, 2.45) is 0 Å². The number of aryl methyl sites for hydroxylation is 2. The van der Waals surface area contributed by atoms with Gasteiger partial charge in [-0.15, -0.1) is 0 Å². The lowest BCUT2D eigenvalue weighted by molar-refractivity contribution is -0.143. The molecule has 0 heterocycles. The quantitative estimate of drug-likeness (QED) is 0.450. The van der Waals surface area contributed by atoms with Crippen LogP contribution < -0.4 is 10.1 Å². The van der Waals surface area contributed by atoms with Crippen LogP contribution in [0.5, 0.6) is 5.75 Å². The maximum Gasteiger partial charge on any atom is 0.306 e. The first-order chi connectivity index (χ1) is 16.5. The predicted octanol–water partition coefficient (Wildman–Crippen LogP) is 5.18. The molecule has 1 aliphatic rings. The Labute approximate surface area is 201 Å². The first-order valence-corrected chi connectivity index (χ1v) is 11.8. The zero-order chi connectivity index (χ0) is 24.1. The van der Waals surface area contributed by atoms with E-state index in [1.54, 1.807) is 14.0 Å². The Bertz CT molecular complexity index is 1180. The predicted molar refractivity (Wildman–Crippen MR) is 133 cm³/mol. The largest absolute Gasteiger partial charge is 0.497 e. The highest BCUT2D eigenvalue weighted by atomic mass is 16.5. The van der Waals surface area contributed by atoms with Crippen LogP contribution in [0.1, 0.15) is 48.9 Å². The van der Waals surface area contributed by atoms with Crippen molar-refractivity contribution in [3.8, 4) is 16.9 Å². The fourth-order valence-corrected chi connectivity index (χ4v) is 4.93. The van der Waals surface area contributed by atoms with E-state index in [9.17, 15) is 9.59 Å². The van der Waals surface area contributed by atoms with Crippen LogP contribution in [0.2, 0.25) is 0 Å². The molecular formula is C29H31NO4. The second-order valence-electron chi connectivity index (χ2n) is 8.67. The number of carbonyl (C=O) groups is 2. The number of amides is 1. The molecule has 0 spiro atoms. The van der Waals surface area contributed by atoms with Gasteiger partial charge in [-0.05, 0) is 71.7 Å². The van der Waals surface area contributed by atoms with Crippen LogP contribution >= 0.6 is 0 Å². The Hall–Kier alpha value is -3.60. The standard InChI is InChI=1S/C29H31NO4/c1-4-34-28(32)16-13-21-9-11-22(12-10-21)17-18-29(30-20(2)31)26-8-6-5-7-24(26)25-19-23(33-3)14-15-27(25)29/h5-12,14-15,19H,4,13,16-18H2,1-3H3,(H,30,31). The monoisotopic (exact) mass is 457 g/mol. The van der Waals surface area contributed by atoms with Gasteiger partial charge in [-0.2, -0.15) is 0 Å². The molecule has 0 aliphatic heterocycles. The van der Waals surface area contributed by atoms with Gasteiger partial charge in [0.2, 0.25) is 5.91 Å². The normalized spacial score (nSPS) is 15.9. The van der Waals surface area contributed by atoms with Crippen molar-refractivity contribution in [1.29, 1.82) is 0 Å². The van der Waals surface area contributed by atoms with E-state index in [0.717, 1.165) is 46.4 Å². The van der Waals surface area contributed by atoms with Gasteiger partial charge in [0, 0.05) is 13.3 Å². The van der Waals surface area contributed by atoms with Gasteiger partial charge in [-0.1, -0.05) is 54.6 Å². The third-order valence-corrected chi connectivity index (χ3v) is 6.49. The van der Waals surface area contributed by atoms with Gasteiger partial charge in [0.1, 0.15) is 5.75 Å². The minimum Gasteiger partial charge on any atom is -0.497 e. The van der Waals surface area contributed by atoms with E-state index >= 15 is 0 Å². The van der Waals surface area contributed by atoms with E-state index in [-0.39, 0.29) is 11.9 Å². The Morgan fingerprint density at radius 1 is 0.882 bits per heavy atom. The van der Waals surface area contributed by atoms with Gasteiger partial charge < -0.3 is 14.8 Å². The Kier molecular flexibility index (Phi) is 7.01. The summed E-state index contributed by atoms with van der Waals surface area (Å²) in [6, 6.07) is 22.7. The van der Waals surface area contributed by atoms with Crippen LogP contribution in [0, 0.1) is 0 Å². The summed E-state index contributed by atoms with van der Waals surface area (Å²) < 4.78 is 10.5. The van der Waals surface area contributed by atoms with E-state index in [0.29, 0.717) is 19.4 Å². The molecule has 1 N–H and O–H groups in total. The number of methoxy groups -OCH3 is 1. The van der Waals surface area contributed by atoms with Gasteiger partial charge in [0.25, 0.3) is 0 Å². The number of hydrogen-bond acceptors (Lipinski definition) is 4. The van der Waals surface area contributed by atoms with Gasteiger partial charge in [0.15, 0.2) is 0 Å². The summed E-state index contributed by atoms with van der Waals surface area (Å²) in [4.78, 5) is 24.0. The van der Waals surface area contributed by atoms with Gasteiger partial charge in [-0.25, -0.2) is 0 Å². The molecule has 3 aromatic carbocycles. The van der Waals surface area contributed by atoms with Crippen molar-refractivity contribution >= 4 is 11.9 Å². The average Bonchev–Trinajstić information content (AvgIpc) is 3.11. The first-order valence-electron chi connectivity index (χ1n) is 11.8. The van der Waals surface area contributed by atoms with Gasteiger partial charge in [-0.3, -0.25) is 9.59 Å². The van der Waals surface area contributed by atoms with Crippen LogP contribution in [0.15, 0.2) is 66.7 Å². The zero-order valence-electron chi connectivity index (χ0n) is 20.0. The SMILES string of the molecule is CCOC(=O)CCc1ccc(CCC2(NC(C)=O)c3ccccc3-c3cc(OC)ccc32)cc1. The summed E-state index contributed by atoms with van der Waals surface area (Å²) in [5, 5.41) is 3.30. The molecule has 176 valence electrons. The second-order valence-corrected chi connectivity index (χ2v) is 8.67. The van der Waals surface area contributed by atoms with Crippen LogP contribution in [0.4, 0.5) is 0 Å². The number of hydrogen-bond donors (Lipinski definition) is 1. The smallest absolute Gasteiger partial charge is 0.306 e. The van der Waals surface area contributed by atoms with Crippen LogP contribution in [0.25, 0.3) is 11.1 Å². The molecule has 34 heavy (non-hydrogen) atoms. The van der Waals surface area contributed by atoms with E-state index in [1.807, 2.05) is 25.1 Å². The van der Waals surface area contributed by atoms with Gasteiger partial charge >= 0.3 is 5.97 Å². The van der Waals surface area contributed by atoms with Crippen molar-refractivity contribution in [3.63, 3.8) is 0 Å². The third-order valence-electron chi connectivity index (χ3n) is 6.49. The molecule has 0 aromatic heterocycles. The molecule has 3 aromatic rings. The first kappa shape index (κ1) is 23.6. The summed E-state index contributed by atoms with van der Waals surface area (Å²) in [7, 11) is 1.67. The molecule has 1 aliphatic carbocycles. The molecule has 4 rings (SSSR count). The lowest BCUT2D eigenvalue weighted by Crippen LogP contribution is -2.45. The molecule has 0 radical (unpaired) electrons. The topological polar surface area (TPSA) is 64.6 Å². The summed E-state index contributed by atoms with van der Waals surface area (Å²) >= 11 is 0. The molecular weight excluding hydrogens is 426 g/mol. The Morgan fingerprint density at radius 3 is 2.24 bits per heavy atom. The van der Waals surface area contributed by atoms with Crippen molar-refractivity contribution < 1.29 is 19.1 Å². The number of rotatable bonds is 9. The maximum absolute atomic E-state index is 12.4. The second kappa shape index (κ2) is 10.1. The molecule has 5 heteroatoms. The van der Waals surface area contributed by atoms with Crippen LogP contribution in [-0.2, 0) is 32.7 Å². The minimum atomic E-state index is -0.605. The highest BCUT2D eigenvalue weighted by Crippen LogP contribution is 2.50. The number of fused-ring (bicyclic) bond motifs is 3. The van der Waals surface area contributed by atoms with E-state index in [2.05, 4.69) is 53.8 Å². The highest BCUT2D eigenvalue weighted by molar-refractivity contribution is 5.85. The van der Waals surface area contributed by atoms with Crippen molar-refractivity contribution in [2.75, 3.05) is 13.7 Å². The van der Waals surface area contributed by atoms with Crippen LogP contribution in [0.3, 0.4) is 0 Å². The number of nitrogens with one attached hydrogen (secondary N) is 1. The molecule has 5 nitrogen and oxygen atoms in total. The Morgan fingerprint density at radius 2 is 1.56 bits per heavy atom. The fourth-order valence-electron chi connectivity index (χ4n) is 4.93. The molecule has 0 bridgehead atoms. The molecule has 1 unspecified atom stereocenters. The summed E-state index contributed by atoms with van der Waals surface area (Å²) in [6.45, 7) is 3.80. The molecule has 1 atom stereocenters. The van der Waals surface area contributed by atoms with E-state index in [4.69, 9.17) is 9.47 Å². The zero-order valence-corrected chi connectivity index (χ0v) is 20.0. The maximum atomic E-state index is 12.4. The van der Waals surface area contributed by atoms with Crippen molar-refractivity contribution in [2.45, 2.75) is 45.1 Å². The summed E-state index contributed by atoms with van der Waals surface area (Å²) in [5.41, 5.74) is 6.11. The van der Waals surface area contributed by atoms with E-state index in [1.165, 1.54) is 5.56 Å². The Balaban J connectivity index is 1.60. The fraction of sp³-hybridized carbons (Fsp3) is 0.310. The summed E-state index contributed by atoms with van der Waals surface area (Å²) in [5.74, 6) is 0.567. The van der Waals surface area contributed by atoms with Crippen molar-refractivity contribution in [1.82, 2.24) is 5.32 Å². The molecule has 0 fully saturated rings. The van der Waals surface area contributed by atoms with Crippen LogP contribution in [-0.4, -0.2) is 25.6 Å². The summed E-state index contributed by atoms with van der Waals surface area (Å²) in [6.07, 6.45) is 2.57. The number of carbonyl (C=O) groups excluding carboxylic acids is 2. The average molecular weight is 458 g/mol. The minimum absolute atomic E-state index is 0.0622. The molecule has 0 saturated heterocycles. The molecule has 1 amide bonds. The van der Waals surface area contributed by atoms with Gasteiger partial charge in [0.05, 0.1) is 19.3 Å². The highest BCUT2D eigenvalue weighted by Gasteiger charge is 2.43. The number of benzene rings is 3. The number of esters is 1. The lowest BCUT2D eigenvalue weighted by atomic mass is 9.81. The van der Waals surface area contributed by atoms with E-state index < -0.39 is 5.54 Å². The van der Waals surface area contributed by atoms with Crippen molar-refractivity contribution in [3.05, 3.63) is 89.0 Å².